The summed E-state index contributed by atoms with van der Waals surface area (Å²) < 4.78 is 26.2. The van der Waals surface area contributed by atoms with Crippen LogP contribution in [0.3, 0.4) is 0 Å². The molecule has 1 aromatic rings. The van der Waals surface area contributed by atoms with E-state index in [1.807, 2.05) is 0 Å². The molecule has 0 aliphatic carbocycles. The van der Waals surface area contributed by atoms with E-state index >= 15 is 0 Å². The standard InChI is InChI=1S/C18H28N4O3S/c1-20(2)26(24,25)15-6-7-17(21-9-4-3-5-10-21)16(12-15)18(23)22-11-8-14(19)13-22/h6-7,12,14H,3-5,8-11,13,19H2,1-2H3/t14-/m1/s1. The van der Waals surface area contributed by atoms with Gasteiger partial charge in [-0.15, -0.1) is 0 Å². The second kappa shape index (κ2) is 7.54. The van der Waals surface area contributed by atoms with Gasteiger partial charge in [0.15, 0.2) is 0 Å². The van der Waals surface area contributed by atoms with E-state index in [2.05, 4.69) is 4.90 Å². The summed E-state index contributed by atoms with van der Waals surface area (Å²) in [6.45, 7) is 2.91. The summed E-state index contributed by atoms with van der Waals surface area (Å²) in [7, 11) is -0.605. The predicted octanol–water partition coefficient (Wildman–Crippen LogP) is 1.10. The molecule has 0 radical (unpaired) electrons. The Morgan fingerprint density at radius 2 is 1.85 bits per heavy atom. The minimum Gasteiger partial charge on any atom is -0.371 e. The van der Waals surface area contributed by atoms with Gasteiger partial charge in [0.1, 0.15) is 0 Å². The van der Waals surface area contributed by atoms with Gasteiger partial charge in [-0.05, 0) is 43.9 Å². The Hall–Kier alpha value is -1.64. The van der Waals surface area contributed by atoms with Crippen molar-refractivity contribution in [2.75, 3.05) is 45.2 Å². The largest absolute Gasteiger partial charge is 0.371 e. The van der Waals surface area contributed by atoms with Crippen LogP contribution in [0.25, 0.3) is 0 Å². The summed E-state index contributed by atoms with van der Waals surface area (Å²) in [5, 5.41) is 0. The van der Waals surface area contributed by atoms with Crippen molar-refractivity contribution in [3.8, 4) is 0 Å². The topological polar surface area (TPSA) is 87.0 Å². The normalized spacial score (nSPS) is 21.5. The van der Waals surface area contributed by atoms with Crippen molar-refractivity contribution in [2.45, 2.75) is 36.6 Å². The van der Waals surface area contributed by atoms with Crippen LogP contribution in [0, 0.1) is 0 Å². The van der Waals surface area contributed by atoms with E-state index in [1.54, 1.807) is 17.0 Å². The molecule has 0 spiro atoms. The number of benzene rings is 1. The molecule has 0 aromatic heterocycles. The Morgan fingerprint density at radius 3 is 2.42 bits per heavy atom. The third-order valence-corrected chi connectivity index (χ3v) is 7.00. The van der Waals surface area contributed by atoms with Crippen molar-refractivity contribution >= 4 is 21.6 Å². The summed E-state index contributed by atoms with van der Waals surface area (Å²) >= 11 is 0. The first-order valence-corrected chi connectivity index (χ1v) is 10.6. The molecule has 2 N–H and O–H groups in total. The number of anilines is 1. The van der Waals surface area contributed by atoms with Crippen molar-refractivity contribution in [3.63, 3.8) is 0 Å². The number of hydrogen-bond donors (Lipinski definition) is 1. The molecule has 1 amide bonds. The molecule has 2 heterocycles. The molecule has 2 saturated heterocycles. The first-order chi connectivity index (χ1) is 12.3. The summed E-state index contributed by atoms with van der Waals surface area (Å²) in [4.78, 5) is 17.2. The maximum Gasteiger partial charge on any atom is 0.256 e. The van der Waals surface area contributed by atoms with Crippen LogP contribution in [0.1, 0.15) is 36.0 Å². The van der Waals surface area contributed by atoms with Gasteiger partial charge >= 0.3 is 0 Å². The summed E-state index contributed by atoms with van der Waals surface area (Å²) in [6, 6.07) is 4.91. The van der Waals surface area contributed by atoms with E-state index in [-0.39, 0.29) is 16.8 Å². The van der Waals surface area contributed by atoms with E-state index in [9.17, 15) is 13.2 Å². The third kappa shape index (κ3) is 3.72. The zero-order valence-corrected chi connectivity index (χ0v) is 16.3. The summed E-state index contributed by atoms with van der Waals surface area (Å²) in [6.07, 6.45) is 4.13. The van der Waals surface area contributed by atoms with Gasteiger partial charge in [0.05, 0.1) is 10.5 Å². The lowest BCUT2D eigenvalue weighted by atomic mass is 10.1. The second-order valence-electron chi connectivity index (χ2n) is 7.31. The molecule has 7 nitrogen and oxygen atoms in total. The Bertz CT molecular complexity index is 773. The molecule has 2 aliphatic rings. The van der Waals surface area contributed by atoms with Crippen LogP contribution in [-0.4, -0.2) is 69.8 Å². The number of piperidine rings is 1. The number of carbonyl (C=O) groups is 1. The lowest BCUT2D eigenvalue weighted by Crippen LogP contribution is -2.35. The van der Waals surface area contributed by atoms with Gasteiger partial charge in [-0.1, -0.05) is 0 Å². The van der Waals surface area contributed by atoms with Crippen LogP contribution in [0.4, 0.5) is 5.69 Å². The molecule has 2 aliphatic heterocycles. The smallest absolute Gasteiger partial charge is 0.256 e. The number of sulfonamides is 1. The molecule has 2 fully saturated rings. The maximum absolute atomic E-state index is 13.1. The zero-order chi connectivity index (χ0) is 18.9. The van der Waals surface area contributed by atoms with Gasteiger partial charge in [0.2, 0.25) is 10.0 Å². The molecule has 1 atom stereocenters. The number of carbonyl (C=O) groups excluding carboxylic acids is 1. The van der Waals surface area contributed by atoms with Crippen LogP contribution in [-0.2, 0) is 10.0 Å². The van der Waals surface area contributed by atoms with Crippen LogP contribution in [0.15, 0.2) is 23.1 Å². The van der Waals surface area contributed by atoms with Crippen molar-refractivity contribution in [1.29, 1.82) is 0 Å². The first-order valence-electron chi connectivity index (χ1n) is 9.17. The lowest BCUT2D eigenvalue weighted by Gasteiger charge is -2.31. The Kier molecular flexibility index (Phi) is 5.55. The molecular formula is C18H28N4O3S. The van der Waals surface area contributed by atoms with Crippen molar-refractivity contribution in [3.05, 3.63) is 23.8 Å². The number of nitrogens with zero attached hydrogens (tertiary/aromatic N) is 3. The van der Waals surface area contributed by atoms with Gasteiger partial charge in [-0.2, -0.15) is 0 Å². The van der Waals surface area contributed by atoms with Gasteiger partial charge in [0.25, 0.3) is 5.91 Å². The van der Waals surface area contributed by atoms with Crippen molar-refractivity contribution in [2.24, 2.45) is 5.73 Å². The average molecular weight is 381 g/mol. The SMILES string of the molecule is CN(C)S(=O)(=O)c1ccc(N2CCCCC2)c(C(=O)N2CC[C@@H](N)C2)c1. The van der Waals surface area contributed by atoms with Gasteiger partial charge < -0.3 is 15.5 Å². The highest BCUT2D eigenvalue weighted by molar-refractivity contribution is 7.89. The number of amides is 1. The fraction of sp³-hybridized carbons (Fsp3) is 0.611. The van der Waals surface area contributed by atoms with E-state index in [0.29, 0.717) is 18.7 Å². The highest BCUT2D eigenvalue weighted by atomic mass is 32.2. The van der Waals surface area contributed by atoms with Gasteiger partial charge in [-0.25, -0.2) is 12.7 Å². The van der Waals surface area contributed by atoms with E-state index in [0.717, 1.165) is 38.0 Å². The number of nitrogens with two attached hydrogens (primary N) is 1. The fourth-order valence-corrected chi connectivity index (χ4v) is 4.54. The molecule has 1 aromatic carbocycles. The maximum atomic E-state index is 13.1. The summed E-state index contributed by atoms with van der Waals surface area (Å²) in [5.74, 6) is -0.130. The van der Waals surface area contributed by atoms with Crippen LogP contribution in [0.5, 0.6) is 0 Å². The Morgan fingerprint density at radius 1 is 1.15 bits per heavy atom. The minimum absolute atomic E-state index is 0.00826. The Balaban J connectivity index is 2.02. The van der Waals surface area contributed by atoms with Gasteiger partial charge in [-0.3, -0.25) is 4.79 Å². The predicted molar refractivity (Wildman–Crippen MR) is 102 cm³/mol. The minimum atomic E-state index is -3.60. The molecule has 3 rings (SSSR count). The molecule has 144 valence electrons. The second-order valence-corrected chi connectivity index (χ2v) is 9.47. The number of hydrogen-bond acceptors (Lipinski definition) is 5. The molecule has 0 bridgehead atoms. The monoisotopic (exact) mass is 380 g/mol. The Labute approximate surface area is 155 Å². The highest BCUT2D eigenvalue weighted by Crippen LogP contribution is 2.29. The zero-order valence-electron chi connectivity index (χ0n) is 15.5. The van der Waals surface area contributed by atoms with Crippen LogP contribution < -0.4 is 10.6 Å². The van der Waals surface area contributed by atoms with Crippen LogP contribution >= 0.6 is 0 Å². The molecule has 26 heavy (non-hydrogen) atoms. The van der Waals surface area contributed by atoms with Crippen molar-refractivity contribution in [1.82, 2.24) is 9.21 Å². The lowest BCUT2D eigenvalue weighted by molar-refractivity contribution is 0.0791. The van der Waals surface area contributed by atoms with Crippen molar-refractivity contribution < 1.29 is 13.2 Å². The fourth-order valence-electron chi connectivity index (χ4n) is 3.61. The van der Waals surface area contributed by atoms with Gasteiger partial charge in [0, 0.05) is 52.0 Å². The number of likely N-dealkylation sites (tertiary alicyclic amines) is 1. The molecule has 8 heteroatoms. The van der Waals surface area contributed by atoms with Crippen LogP contribution in [0.2, 0.25) is 0 Å². The van der Waals surface area contributed by atoms with E-state index < -0.39 is 10.0 Å². The third-order valence-electron chi connectivity index (χ3n) is 5.19. The molecule has 0 saturated carbocycles. The summed E-state index contributed by atoms with van der Waals surface area (Å²) in [5.41, 5.74) is 7.24. The van der Waals surface area contributed by atoms with E-state index in [4.69, 9.17) is 5.73 Å². The van der Waals surface area contributed by atoms with E-state index in [1.165, 1.54) is 30.9 Å². The average Bonchev–Trinajstić information content (AvgIpc) is 3.07. The first kappa shape index (κ1) is 19.1. The molecular weight excluding hydrogens is 352 g/mol. The highest BCUT2D eigenvalue weighted by Gasteiger charge is 2.29. The quantitative estimate of drug-likeness (QED) is 0.845. The molecule has 0 unspecified atom stereocenters. The number of rotatable bonds is 4.